The molecule has 0 spiro atoms. The fourth-order valence-electron chi connectivity index (χ4n) is 2.31. The first kappa shape index (κ1) is 21.4. The number of sulfonamides is 1. The lowest BCUT2D eigenvalue weighted by molar-refractivity contribution is -0.122. The topological polar surface area (TPSA) is 114 Å². The molecule has 1 amide bonds. The third-order valence-electron chi connectivity index (χ3n) is 3.76. The van der Waals surface area contributed by atoms with Crippen molar-refractivity contribution in [1.82, 2.24) is 20.2 Å². The monoisotopic (exact) mass is 412 g/mol. The standard InChI is InChI=1S/C17H24N4O4S2/c1-12-4-6-14(7-5-12)27(23,24)21-15(9-11-26-3)17(22)18-10-8-16-19-13(2)20-25-16/h4-7,15,21H,8-11H2,1-3H3,(H,18,22). The van der Waals surface area contributed by atoms with Gasteiger partial charge in [0.15, 0.2) is 5.82 Å². The van der Waals surface area contributed by atoms with Gasteiger partial charge in [-0.3, -0.25) is 4.79 Å². The molecule has 2 N–H and O–H groups in total. The SMILES string of the molecule is CSCCC(NS(=O)(=O)c1ccc(C)cc1)C(=O)NCCc1nc(C)no1. The lowest BCUT2D eigenvalue weighted by Gasteiger charge is -2.18. The molecule has 2 aromatic rings. The number of amides is 1. The molecule has 1 aromatic heterocycles. The highest BCUT2D eigenvalue weighted by Crippen LogP contribution is 2.12. The van der Waals surface area contributed by atoms with Gasteiger partial charge in [-0.15, -0.1) is 0 Å². The van der Waals surface area contributed by atoms with Gasteiger partial charge < -0.3 is 9.84 Å². The molecule has 2 rings (SSSR count). The van der Waals surface area contributed by atoms with Crippen molar-refractivity contribution >= 4 is 27.7 Å². The van der Waals surface area contributed by atoms with E-state index in [-0.39, 0.29) is 17.3 Å². The van der Waals surface area contributed by atoms with E-state index < -0.39 is 16.1 Å². The van der Waals surface area contributed by atoms with Crippen LogP contribution in [0.2, 0.25) is 0 Å². The van der Waals surface area contributed by atoms with Gasteiger partial charge >= 0.3 is 0 Å². The molecule has 148 valence electrons. The smallest absolute Gasteiger partial charge is 0.241 e. The van der Waals surface area contributed by atoms with E-state index in [9.17, 15) is 13.2 Å². The molecular weight excluding hydrogens is 388 g/mol. The van der Waals surface area contributed by atoms with Crippen LogP contribution in [-0.4, -0.2) is 49.1 Å². The molecule has 8 nitrogen and oxygen atoms in total. The zero-order valence-corrected chi connectivity index (χ0v) is 17.2. The number of aromatic nitrogens is 2. The second kappa shape index (κ2) is 9.86. The Hall–Kier alpha value is -1.91. The zero-order valence-electron chi connectivity index (χ0n) is 15.6. The molecule has 0 saturated heterocycles. The number of thioether (sulfide) groups is 1. The van der Waals surface area contributed by atoms with E-state index in [2.05, 4.69) is 20.2 Å². The first-order chi connectivity index (χ1) is 12.8. The van der Waals surface area contributed by atoms with E-state index in [1.165, 1.54) is 12.1 Å². The number of carbonyl (C=O) groups is 1. The number of rotatable bonds is 10. The van der Waals surface area contributed by atoms with Crippen LogP contribution in [0.25, 0.3) is 0 Å². The van der Waals surface area contributed by atoms with Crippen LogP contribution >= 0.6 is 11.8 Å². The number of carbonyl (C=O) groups excluding carboxylic acids is 1. The summed E-state index contributed by atoms with van der Waals surface area (Å²) < 4.78 is 32.7. The van der Waals surface area contributed by atoms with E-state index in [1.54, 1.807) is 30.8 Å². The Morgan fingerprint density at radius 1 is 1.26 bits per heavy atom. The van der Waals surface area contributed by atoms with Gasteiger partial charge in [0.2, 0.25) is 21.8 Å². The molecule has 0 fully saturated rings. The molecular formula is C17H24N4O4S2. The van der Waals surface area contributed by atoms with E-state index >= 15 is 0 Å². The second-order valence-electron chi connectivity index (χ2n) is 6.04. The van der Waals surface area contributed by atoms with Crippen molar-refractivity contribution in [3.05, 3.63) is 41.5 Å². The summed E-state index contributed by atoms with van der Waals surface area (Å²) >= 11 is 1.55. The van der Waals surface area contributed by atoms with Gasteiger partial charge in [0.05, 0.1) is 4.90 Å². The van der Waals surface area contributed by atoms with Crippen LogP contribution in [0.4, 0.5) is 0 Å². The molecule has 0 aliphatic rings. The fraction of sp³-hybridized carbons (Fsp3) is 0.471. The van der Waals surface area contributed by atoms with Crippen LogP contribution in [0.1, 0.15) is 23.7 Å². The van der Waals surface area contributed by atoms with Gasteiger partial charge in [0.1, 0.15) is 6.04 Å². The molecule has 27 heavy (non-hydrogen) atoms. The summed E-state index contributed by atoms with van der Waals surface area (Å²) in [5, 5.41) is 6.41. The predicted octanol–water partition coefficient (Wildman–Crippen LogP) is 1.45. The third kappa shape index (κ3) is 6.64. The Morgan fingerprint density at radius 3 is 2.56 bits per heavy atom. The number of nitrogens with one attached hydrogen (secondary N) is 2. The van der Waals surface area contributed by atoms with Crippen molar-refractivity contribution in [3.8, 4) is 0 Å². The zero-order chi connectivity index (χ0) is 19.9. The molecule has 1 atom stereocenters. The summed E-state index contributed by atoms with van der Waals surface area (Å²) in [5.41, 5.74) is 0.960. The van der Waals surface area contributed by atoms with Crippen LogP contribution in [-0.2, 0) is 21.2 Å². The Bertz CT molecular complexity index is 850. The van der Waals surface area contributed by atoms with Gasteiger partial charge in [0.25, 0.3) is 0 Å². The quantitative estimate of drug-likeness (QED) is 0.607. The molecule has 0 radical (unpaired) electrons. The van der Waals surface area contributed by atoms with Crippen LogP contribution in [0.15, 0.2) is 33.7 Å². The molecule has 1 unspecified atom stereocenters. The molecule has 0 bridgehead atoms. The van der Waals surface area contributed by atoms with Gasteiger partial charge in [-0.1, -0.05) is 22.9 Å². The average molecular weight is 413 g/mol. The Labute approximate surface area is 163 Å². The molecule has 1 heterocycles. The normalized spacial score (nSPS) is 12.7. The lowest BCUT2D eigenvalue weighted by Crippen LogP contribution is -2.47. The summed E-state index contributed by atoms with van der Waals surface area (Å²) in [6.45, 7) is 3.87. The summed E-state index contributed by atoms with van der Waals surface area (Å²) in [6, 6.07) is 5.64. The predicted molar refractivity (Wildman–Crippen MR) is 104 cm³/mol. The van der Waals surface area contributed by atoms with Gasteiger partial charge in [-0.25, -0.2) is 8.42 Å². The Balaban J connectivity index is 1.99. The van der Waals surface area contributed by atoms with Gasteiger partial charge in [0, 0.05) is 13.0 Å². The number of benzene rings is 1. The summed E-state index contributed by atoms with van der Waals surface area (Å²) in [5.74, 6) is 1.22. The van der Waals surface area contributed by atoms with E-state index in [0.29, 0.717) is 30.3 Å². The molecule has 0 saturated carbocycles. The fourth-order valence-corrected chi connectivity index (χ4v) is 4.01. The van der Waals surface area contributed by atoms with Crippen molar-refractivity contribution in [2.75, 3.05) is 18.6 Å². The largest absolute Gasteiger partial charge is 0.354 e. The second-order valence-corrected chi connectivity index (χ2v) is 8.74. The average Bonchev–Trinajstić information content (AvgIpc) is 3.04. The molecule has 10 heteroatoms. The van der Waals surface area contributed by atoms with E-state index in [4.69, 9.17) is 4.52 Å². The first-order valence-corrected chi connectivity index (χ1v) is 11.3. The molecule has 1 aromatic carbocycles. The maximum Gasteiger partial charge on any atom is 0.241 e. The van der Waals surface area contributed by atoms with Crippen LogP contribution in [0, 0.1) is 13.8 Å². The Morgan fingerprint density at radius 2 is 1.96 bits per heavy atom. The van der Waals surface area contributed by atoms with Crippen LogP contribution in [0.3, 0.4) is 0 Å². The van der Waals surface area contributed by atoms with Crippen molar-refractivity contribution in [1.29, 1.82) is 0 Å². The maximum absolute atomic E-state index is 12.6. The molecule has 0 aliphatic carbocycles. The molecule has 0 aliphatic heterocycles. The highest BCUT2D eigenvalue weighted by molar-refractivity contribution is 7.98. The van der Waals surface area contributed by atoms with Crippen LogP contribution < -0.4 is 10.0 Å². The number of nitrogens with zero attached hydrogens (tertiary/aromatic N) is 2. The third-order valence-corrected chi connectivity index (χ3v) is 5.90. The van der Waals surface area contributed by atoms with Crippen molar-refractivity contribution in [2.45, 2.75) is 37.6 Å². The van der Waals surface area contributed by atoms with Crippen LogP contribution in [0.5, 0.6) is 0 Å². The summed E-state index contributed by atoms with van der Waals surface area (Å²) in [4.78, 5) is 16.7. The lowest BCUT2D eigenvalue weighted by atomic mass is 10.2. The van der Waals surface area contributed by atoms with Gasteiger partial charge in [-0.2, -0.15) is 21.5 Å². The van der Waals surface area contributed by atoms with E-state index in [0.717, 1.165) is 5.56 Å². The number of aryl methyl sites for hydroxylation is 2. The highest BCUT2D eigenvalue weighted by atomic mass is 32.2. The van der Waals surface area contributed by atoms with Crippen molar-refractivity contribution in [3.63, 3.8) is 0 Å². The minimum absolute atomic E-state index is 0.136. The van der Waals surface area contributed by atoms with Crippen molar-refractivity contribution < 1.29 is 17.7 Å². The minimum Gasteiger partial charge on any atom is -0.354 e. The highest BCUT2D eigenvalue weighted by Gasteiger charge is 2.25. The summed E-state index contributed by atoms with van der Waals surface area (Å²) in [6.07, 6.45) is 2.67. The summed E-state index contributed by atoms with van der Waals surface area (Å²) in [7, 11) is -3.79. The maximum atomic E-state index is 12.6. The number of hydrogen-bond donors (Lipinski definition) is 2. The Kier molecular flexibility index (Phi) is 7.81. The van der Waals surface area contributed by atoms with Gasteiger partial charge in [-0.05, 0) is 44.4 Å². The minimum atomic E-state index is -3.79. The van der Waals surface area contributed by atoms with E-state index in [1.807, 2.05) is 13.2 Å². The number of hydrogen-bond acceptors (Lipinski definition) is 7. The first-order valence-electron chi connectivity index (χ1n) is 8.46. The van der Waals surface area contributed by atoms with Crippen molar-refractivity contribution in [2.24, 2.45) is 0 Å².